The Morgan fingerprint density at radius 2 is 1.97 bits per heavy atom. The van der Waals surface area contributed by atoms with Gasteiger partial charge in [0.05, 0.1) is 22.3 Å². The highest BCUT2D eigenvalue weighted by Crippen LogP contribution is 2.38. The summed E-state index contributed by atoms with van der Waals surface area (Å²) in [5, 5.41) is 2.39. The third kappa shape index (κ3) is 6.83. The number of benzene rings is 1. The van der Waals surface area contributed by atoms with Crippen LogP contribution in [-0.2, 0) is 0 Å². The van der Waals surface area contributed by atoms with Crippen molar-refractivity contribution < 1.29 is 27.1 Å². The maximum absolute atomic E-state index is 15.2. The molecule has 1 aliphatic rings. The fourth-order valence-corrected chi connectivity index (χ4v) is 4.59. The summed E-state index contributed by atoms with van der Waals surface area (Å²) in [4.78, 5) is 20.9. The lowest BCUT2D eigenvalue weighted by atomic mass is 10.1. The van der Waals surface area contributed by atoms with E-state index in [1.54, 1.807) is 4.90 Å². The average molecular weight is 596 g/mol. The van der Waals surface area contributed by atoms with Gasteiger partial charge in [-0.2, -0.15) is 0 Å². The Labute approximate surface area is 218 Å². The minimum Gasteiger partial charge on any atom is -0.477 e. The third-order valence-corrected chi connectivity index (χ3v) is 8.13. The Kier molecular flexibility index (Phi) is 9.16. The molecule has 1 aliphatic heterocycles. The van der Waals surface area contributed by atoms with Crippen molar-refractivity contribution in [3.05, 3.63) is 45.6 Å². The van der Waals surface area contributed by atoms with E-state index in [0.717, 1.165) is 24.1 Å². The van der Waals surface area contributed by atoms with E-state index < -0.39 is 49.6 Å². The van der Waals surface area contributed by atoms with Gasteiger partial charge < -0.3 is 19.9 Å². The van der Waals surface area contributed by atoms with Crippen molar-refractivity contribution in [3.8, 4) is 5.88 Å². The molecule has 2 heterocycles. The lowest BCUT2D eigenvalue weighted by molar-refractivity contribution is 0.101. The second-order valence-electron chi connectivity index (χ2n) is 9.66. The third-order valence-electron chi connectivity index (χ3n) is 6.02. The first-order chi connectivity index (χ1) is 16.8. The zero-order valence-electron chi connectivity index (χ0n) is 20.9. The summed E-state index contributed by atoms with van der Waals surface area (Å²) < 4.78 is 62.4. The Balaban J connectivity index is 1.91. The van der Waals surface area contributed by atoms with Crippen LogP contribution in [0.3, 0.4) is 0 Å². The fourth-order valence-electron chi connectivity index (χ4n) is 3.70. The quantitative estimate of drug-likeness (QED) is 0.322. The monoisotopic (exact) mass is 594 g/mol. The number of halogens is 5. The molecule has 6 nitrogen and oxygen atoms in total. The summed E-state index contributed by atoms with van der Waals surface area (Å²) in [6.07, 6.45) is 4.31. The molecule has 0 saturated carbocycles. The first-order valence-corrected chi connectivity index (χ1v) is 15.1. The summed E-state index contributed by atoms with van der Waals surface area (Å²) in [5.41, 5.74) is -1.16. The molecule has 1 N–H and O–H groups in total. The van der Waals surface area contributed by atoms with E-state index in [1.807, 2.05) is 14.0 Å². The molecule has 1 amide bonds. The lowest BCUT2D eigenvalue weighted by Crippen LogP contribution is -2.50. The number of aromatic nitrogens is 1. The van der Waals surface area contributed by atoms with E-state index >= 15 is 4.39 Å². The Morgan fingerprint density at radius 1 is 1.28 bits per heavy atom. The van der Waals surface area contributed by atoms with E-state index in [0.29, 0.717) is 26.2 Å². The molecule has 0 bridgehead atoms. The van der Waals surface area contributed by atoms with E-state index in [1.165, 1.54) is 0 Å². The number of hydrogen-bond donors (Lipinski definition) is 1. The predicted molar refractivity (Wildman–Crippen MR) is 141 cm³/mol. The standard InChI is InChI=1S/C24H31BrF4N4O2S/c1-14-13-33(7-6-32(14)2)18-11-17(26)20(25)21(27)22(18)31-24(34)16-12-30-19(10-15(16)23(28)29)35-8-9-36(3,4)5/h10-12,14,23H,6-9,13H2,1-5H3,(H,31,34)/t14-/m0/s1. The Bertz CT molecular complexity index is 1120. The number of carbonyl (C=O) groups is 1. The van der Waals surface area contributed by atoms with Crippen LogP contribution in [0, 0.1) is 11.6 Å². The van der Waals surface area contributed by atoms with Crippen molar-refractivity contribution >= 4 is 43.2 Å². The molecule has 36 heavy (non-hydrogen) atoms. The number of likely N-dealkylation sites (N-methyl/N-ethyl adjacent to an activating group) is 1. The van der Waals surface area contributed by atoms with Crippen LogP contribution in [-0.4, -0.2) is 79.6 Å². The predicted octanol–water partition coefficient (Wildman–Crippen LogP) is 5.53. The molecule has 0 unspecified atom stereocenters. The van der Waals surface area contributed by atoms with Gasteiger partial charge in [-0.25, -0.2) is 32.6 Å². The van der Waals surface area contributed by atoms with Gasteiger partial charge in [-0.1, -0.05) is 0 Å². The molecule has 3 rings (SSSR count). The number of nitrogens with one attached hydrogen (secondary N) is 1. The van der Waals surface area contributed by atoms with Crippen molar-refractivity contribution in [3.63, 3.8) is 0 Å². The van der Waals surface area contributed by atoms with Crippen LogP contribution in [0.25, 0.3) is 0 Å². The molecule has 0 aliphatic carbocycles. The molecule has 1 aromatic heterocycles. The minimum atomic E-state index is -2.99. The summed E-state index contributed by atoms with van der Waals surface area (Å²) in [5.74, 6) is -2.10. The number of rotatable bonds is 8. The normalized spacial score (nSPS) is 17.4. The molecule has 0 spiro atoms. The van der Waals surface area contributed by atoms with Gasteiger partial charge in [-0.3, -0.25) is 4.79 Å². The smallest absolute Gasteiger partial charge is 0.264 e. The second kappa shape index (κ2) is 11.6. The van der Waals surface area contributed by atoms with Gasteiger partial charge >= 0.3 is 0 Å². The van der Waals surface area contributed by atoms with Gasteiger partial charge in [0.15, 0.2) is 5.82 Å². The van der Waals surface area contributed by atoms with Crippen molar-refractivity contribution in [2.24, 2.45) is 0 Å². The van der Waals surface area contributed by atoms with Crippen LogP contribution >= 0.6 is 26.0 Å². The van der Waals surface area contributed by atoms with E-state index in [2.05, 4.69) is 49.9 Å². The van der Waals surface area contributed by atoms with Gasteiger partial charge in [0.1, 0.15) is 11.5 Å². The average Bonchev–Trinajstić information content (AvgIpc) is 2.80. The number of amides is 1. The first kappa shape index (κ1) is 28.5. The summed E-state index contributed by atoms with van der Waals surface area (Å²) >= 11 is 2.87. The molecule has 12 heteroatoms. The van der Waals surface area contributed by atoms with Gasteiger partial charge in [0, 0.05) is 55.3 Å². The molecule has 1 saturated heterocycles. The Hall–Kier alpha value is -2.05. The number of anilines is 2. The highest BCUT2D eigenvalue weighted by atomic mass is 79.9. The van der Waals surface area contributed by atoms with Gasteiger partial charge in [-0.15, -0.1) is 0 Å². The van der Waals surface area contributed by atoms with Crippen LogP contribution in [0.1, 0.15) is 29.3 Å². The maximum Gasteiger partial charge on any atom is 0.264 e. The Morgan fingerprint density at radius 3 is 2.58 bits per heavy atom. The summed E-state index contributed by atoms with van der Waals surface area (Å²) in [6.45, 7) is 3.86. The molecule has 1 atom stereocenters. The van der Waals surface area contributed by atoms with Crippen molar-refractivity contribution in [1.29, 1.82) is 0 Å². The zero-order valence-corrected chi connectivity index (χ0v) is 23.3. The van der Waals surface area contributed by atoms with Crippen molar-refractivity contribution in [2.75, 3.05) is 68.0 Å². The molecule has 1 fully saturated rings. The number of ether oxygens (including phenoxy) is 1. The second-order valence-corrected chi connectivity index (χ2v) is 15.0. The molecular weight excluding hydrogens is 564 g/mol. The van der Waals surface area contributed by atoms with Gasteiger partial charge in [0.25, 0.3) is 12.3 Å². The number of carbonyl (C=O) groups excluding carboxylic acids is 1. The van der Waals surface area contributed by atoms with Crippen LogP contribution in [0.15, 0.2) is 22.8 Å². The number of nitrogens with zero attached hydrogens (tertiary/aromatic N) is 3. The van der Waals surface area contributed by atoms with E-state index in [4.69, 9.17) is 4.74 Å². The summed E-state index contributed by atoms with van der Waals surface area (Å²) in [7, 11) is 1.10. The maximum atomic E-state index is 15.2. The largest absolute Gasteiger partial charge is 0.477 e. The van der Waals surface area contributed by atoms with Crippen LogP contribution < -0.4 is 15.0 Å². The van der Waals surface area contributed by atoms with E-state index in [-0.39, 0.29) is 23.3 Å². The number of piperazine rings is 1. The number of alkyl halides is 2. The van der Waals surface area contributed by atoms with Crippen LogP contribution in [0.4, 0.5) is 28.9 Å². The van der Waals surface area contributed by atoms with E-state index in [9.17, 15) is 18.0 Å². The molecule has 1 aromatic carbocycles. The van der Waals surface area contributed by atoms with Crippen LogP contribution in [0.2, 0.25) is 0 Å². The lowest BCUT2D eigenvalue weighted by Gasteiger charge is -2.39. The molecular formula is C24H31BrF4N4O2S. The first-order valence-electron chi connectivity index (χ1n) is 11.3. The number of hydrogen-bond acceptors (Lipinski definition) is 5. The zero-order chi connectivity index (χ0) is 26.8. The van der Waals surface area contributed by atoms with Crippen molar-refractivity contribution in [1.82, 2.24) is 9.88 Å². The van der Waals surface area contributed by atoms with Crippen LogP contribution in [0.5, 0.6) is 5.88 Å². The highest BCUT2D eigenvalue weighted by Gasteiger charge is 2.28. The molecule has 0 radical (unpaired) electrons. The molecule has 200 valence electrons. The van der Waals surface area contributed by atoms with Gasteiger partial charge in [0.2, 0.25) is 5.88 Å². The fraction of sp³-hybridized carbons (Fsp3) is 0.500. The SMILES string of the molecule is C[C@H]1CN(c2cc(F)c(Br)c(F)c2NC(=O)c2cnc(OCCS(C)(C)C)cc2C(F)F)CCN1C. The molecule has 2 aromatic rings. The van der Waals surface area contributed by atoms with Gasteiger partial charge in [-0.05, 0) is 48.7 Å². The minimum absolute atomic E-state index is 0.0201. The highest BCUT2D eigenvalue weighted by molar-refractivity contribution is 9.10. The topological polar surface area (TPSA) is 57.7 Å². The summed E-state index contributed by atoms with van der Waals surface area (Å²) in [6, 6.07) is 2.25. The number of pyridine rings is 1. The van der Waals surface area contributed by atoms with Crippen molar-refractivity contribution in [2.45, 2.75) is 19.4 Å².